The topological polar surface area (TPSA) is 75.3 Å². The SMILES string of the molecule is CC(C)(C)OC(=O)N1C(C(=O)c2c[nH]c3cc(-c4ccccc4)ccc23)CSC1c1cccnc1. The van der Waals surface area contributed by atoms with Gasteiger partial charge in [-0.25, -0.2) is 4.79 Å². The number of pyridine rings is 1. The molecule has 1 N–H and O–H groups in total. The van der Waals surface area contributed by atoms with Crippen molar-refractivity contribution in [3.05, 3.63) is 90.4 Å². The minimum Gasteiger partial charge on any atom is -0.444 e. The summed E-state index contributed by atoms with van der Waals surface area (Å²) in [5.41, 5.74) is 3.83. The van der Waals surface area contributed by atoms with Crippen LogP contribution in [0.1, 0.15) is 42.1 Å². The third-order valence-corrected chi connectivity index (χ3v) is 7.25. The zero-order chi connectivity index (χ0) is 24.6. The fraction of sp³-hybridized carbons (Fsp3) is 0.250. The van der Waals surface area contributed by atoms with Crippen LogP contribution in [0.3, 0.4) is 0 Å². The van der Waals surface area contributed by atoms with Crippen molar-refractivity contribution in [3.8, 4) is 11.1 Å². The van der Waals surface area contributed by atoms with Gasteiger partial charge in [-0.3, -0.25) is 14.7 Å². The third kappa shape index (κ3) is 4.68. The van der Waals surface area contributed by atoms with Gasteiger partial charge in [-0.15, -0.1) is 11.8 Å². The molecule has 0 aliphatic carbocycles. The number of H-pyrrole nitrogens is 1. The van der Waals surface area contributed by atoms with Gasteiger partial charge in [-0.1, -0.05) is 48.5 Å². The zero-order valence-electron chi connectivity index (χ0n) is 19.9. The number of nitrogens with one attached hydrogen (secondary N) is 1. The first-order valence-corrected chi connectivity index (χ1v) is 12.6. The number of nitrogens with zero attached hydrogens (tertiary/aromatic N) is 2. The van der Waals surface area contributed by atoms with Crippen LogP contribution in [0, 0.1) is 0 Å². The van der Waals surface area contributed by atoms with E-state index in [0.717, 1.165) is 27.6 Å². The molecule has 1 fully saturated rings. The monoisotopic (exact) mass is 485 g/mol. The van der Waals surface area contributed by atoms with Crippen molar-refractivity contribution >= 4 is 34.5 Å². The fourth-order valence-corrected chi connectivity index (χ4v) is 5.75. The molecule has 5 rings (SSSR count). The molecule has 4 aromatic rings. The second kappa shape index (κ2) is 9.23. The molecule has 2 unspecified atom stereocenters. The van der Waals surface area contributed by atoms with E-state index in [2.05, 4.69) is 28.2 Å². The maximum Gasteiger partial charge on any atom is 0.412 e. The molecule has 0 radical (unpaired) electrons. The summed E-state index contributed by atoms with van der Waals surface area (Å²) in [6.07, 6.45) is 4.68. The Morgan fingerprint density at radius 3 is 2.57 bits per heavy atom. The average Bonchev–Trinajstić information content (AvgIpc) is 3.48. The second-order valence-electron chi connectivity index (χ2n) is 9.57. The number of carbonyl (C=O) groups excluding carboxylic acids is 2. The van der Waals surface area contributed by atoms with Crippen LogP contribution in [0.25, 0.3) is 22.0 Å². The van der Waals surface area contributed by atoms with Gasteiger partial charge in [0.25, 0.3) is 0 Å². The predicted molar refractivity (Wildman–Crippen MR) is 139 cm³/mol. The van der Waals surface area contributed by atoms with E-state index in [1.807, 2.05) is 63.2 Å². The van der Waals surface area contributed by atoms with E-state index in [-0.39, 0.29) is 11.2 Å². The molecule has 2 atom stereocenters. The summed E-state index contributed by atoms with van der Waals surface area (Å²) in [6.45, 7) is 5.48. The number of Topliss-reactive ketones (excluding diaryl/α,β-unsaturated/α-hetero) is 1. The first-order chi connectivity index (χ1) is 16.8. The highest BCUT2D eigenvalue weighted by Crippen LogP contribution is 2.43. The predicted octanol–water partition coefficient (Wildman–Crippen LogP) is 6.46. The number of hydrogen-bond donors (Lipinski definition) is 1. The molecule has 0 bridgehead atoms. The van der Waals surface area contributed by atoms with Gasteiger partial charge in [-0.2, -0.15) is 0 Å². The van der Waals surface area contributed by atoms with E-state index in [9.17, 15) is 9.59 Å². The van der Waals surface area contributed by atoms with Gasteiger partial charge in [0.2, 0.25) is 0 Å². The number of aromatic amines is 1. The first-order valence-electron chi connectivity index (χ1n) is 11.6. The Bertz CT molecular complexity index is 1360. The number of aromatic nitrogens is 2. The Hall–Kier alpha value is -3.58. The lowest BCUT2D eigenvalue weighted by Crippen LogP contribution is -2.45. The van der Waals surface area contributed by atoms with Crippen LogP contribution >= 0.6 is 11.8 Å². The van der Waals surface area contributed by atoms with Gasteiger partial charge in [0, 0.05) is 46.4 Å². The molecule has 3 heterocycles. The number of ketones is 1. The molecule has 1 amide bonds. The maximum atomic E-state index is 13.8. The summed E-state index contributed by atoms with van der Waals surface area (Å²) in [4.78, 5) is 36.2. The van der Waals surface area contributed by atoms with Crippen LogP contribution in [0.5, 0.6) is 0 Å². The van der Waals surface area contributed by atoms with E-state index in [1.54, 1.807) is 35.3 Å². The molecule has 2 aromatic carbocycles. The van der Waals surface area contributed by atoms with Crippen molar-refractivity contribution in [2.45, 2.75) is 37.8 Å². The molecule has 178 valence electrons. The first kappa shape index (κ1) is 23.2. The van der Waals surface area contributed by atoms with E-state index in [4.69, 9.17) is 4.74 Å². The van der Waals surface area contributed by atoms with Crippen LogP contribution in [0.15, 0.2) is 79.3 Å². The van der Waals surface area contributed by atoms with Crippen molar-refractivity contribution in [2.24, 2.45) is 0 Å². The largest absolute Gasteiger partial charge is 0.444 e. The summed E-state index contributed by atoms with van der Waals surface area (Å²) < 4.78 is 5.72. The molecule has 6 nitrogen and oxygen atoms in total. The standard InChI is InChI=1S/C28H27N3O3S/c1-28(2,3)34-27(33)31-24(17-35-26(31)20-10-7-13-29-15-20)25(32)22-16-30-23-14-19(11-12-21(22)23)18-8-5-4-6-9-18/h4-16,24,26,30H,17H2,1-3H3. The summed E-state index contributed by atoms with van der Waals surface area (Å²) in [6, 6.07) is 19.3. The number of carbonyl (C=O) groups is 2. The smallest absolute Gasteiger partial charge is 0.412 e. The van der Waals surface area contributed by atoms with Gasteiger partial charge < -0.3 is 9.72 Å². The van der Waals surface area contributed by atoms with Gasteiger partial charge in [-0.05, 0) is 44.0 Å². The highest BCUT2D eigenvalue weighted by Gasteiger charge is 2.44. The zero-order valence-corrected chi connectivity index (χ0v) is 20.7. The molecule has 2 aromatic heterocycles. The molecule has 35 heavy (non-hydrogen) atoms. The minimum absolute atomic E-state index is 0.103. The van der Waals surface area contributed by atoms with E-state index < -0.39 is 17.7 Å². The normalized spacial score (nSPS) is 18.1. The number of rotatable bonds is 4. The van der Waals surface area contributed by atoms with E-state index >= 15 is 0 Å². The van der Waals surface area contributed by atoms with Gasteiger partial charge >= 0.3 is 6.09 Å². The van der Waals surface area contributed by atoms with Crippen LogP contribution < -0.4 is 0 Å². The number of fused-ring (bicyclic) bond motifs is 1. The van der Waals surface area contributed by atoms with Crippen LogP contribution in [-0.2, 0) is 4.74 Å². The quantitative estimate of drug-likeness (QED) is 0.336. The summed E-state index contributed by atoms with van der Waals surface area (Å²) in [7, 11) is 0. The molecule has 7 heteroatoms. The molecule has 1 aliphatic rings. The summed E-state index contributed by atoms with van der Waals surface area (Å²) in [5, 5.41) is 0.496. The highest BCUT2D eigenvalue weighted by molar-refractivity contribution is 7.99. The number of thioether (sulfide) groups is 1. The van der Waals surface area contributed by atoms with Crippen molar-refractivity contribution in [3.63, 3.8) is 0 Å². The number of ether oxygens (including phenoxy) is 1. The number of benzene rings is 2. The van der Waals surface area contributed by atoms with Crippen molar-refractivity contribution in [1.29, 1.82) is 0 Å². The van der Waals surface area contributed by atoms with Gasteiger partial charge in [0.1, 0.15) is 17.0 Å². The molecular formula is C28H27N3O3S. The van der Waals surface area contributed by atoms with Gasteiger partial charge in [0.05, 0.1) is 0 Å². The Balaban J connectivity index is 1.48. The summed E-state index contributed by atoms with van der Waals surface area (Å²) >= 11 is 1.55. The Morgan fingerprint density at radius 2 is 1.86 bits per heavy atom. The lowest BCUT2D eigenvalue weighted by molar-refractivity contribution is 0.0173. The van der Waals surface area contributed by atoms with Crippen LogP contribution in [0.2, 0.25) is 0 Å². The maximum absolute atomic E-state index is 13.8. The fourth-order valence-electron chi connectivity index (χ4n) is 4.34. The van der Waals surface area contributed by atoms with Crippen LogP contribution in [0.4, 0.5) is 4.79 Å². The number of amides is 1. The van der Waals surface area contributed by atoms with E-state index in [0.29, 0.717) is 11.3 Å². The Labute approximate surface area is 208 Å². The minimum atomic E-state index is -0.675. The Kier molecular flexibility index (Phi) is 6.11. The molecule has 0 spiro atoms. The molecular weight excluding hydrogens is 458 g/mol. The van der Waals surface area contributed by atoms with Crippen LogP contribution in [-0.4, -0.2) is 44.1 Å². The van der Waals surface area contributed by atoms with Crippen molar-refractivity contribution in [2.75, 3.05) is 5.75 Å². The average molecular weight is 486 g/mol. The molecule has 1 saturated heterocycles. The summed E-state index contributed by atoms with van der Waals surface area (Å²) in [5.74, 6) is 0.375. The van der Waals surface area contributed by atoms with Crippen molar-refractivity contribution < 1.29 is 14.3 Å². The van der Waals surface area contributed by atoms with E-state index in [1.165, 1.54) is 0 Å². The lowest BCUT2D eigenvalue weighted by Gasteiger charge is -2.31. The van der Waals surface area contributed by atoms with Crippen molar-refractivity contribution in [1.82, 2.24) is 14.9 Å². The molecule has 0 saturated carbocycles. The third-order valence-electron chi connectivity index (χ3n) is 5.93. The highest BCUT2D eigenvalue weighted by atomic mass is 32.2. The Morgan fingerprint density at radius 1 is 1.06 bits per heavy atom. The lowest BCUT2D eigenvalue weighted by atomic mass is 10.00. The van der Waals surface area contributed by atoms with Gasteiger partial charge in [0.15, 0.2) is 5.78 Å². The molecule has 1 aliphatic heterocycles. The number of hydrogen-bond acceptors (Lipinski definition) is 5. The second-order valence-corrected chi connectivity index (χ2v) is 10.7.